The summed E-state index contributed by atoms with van der Waals surface area (Å²) in [5.41, 5.74) is 3.04. The van der Waals surface area contributed by atoms with Gasteiger partial charge in [0.15, 0.2) is 0 Å². The number of aromatic nitrogens is 3. The van der Waals surface area contributed by atoms with Gasteiger partial charge in [-0.15, -0.1) is 0 Å². The third-order valence-electron chi connectivity index (χ3n) is 6.10. The molecular weight excluding hydrogens is 400 g/mol. The molecular formula is C26H28N4S. The van der Waals surface area contributed by atoms with Crippen LogP contribution < -0.4 is 15.9 Å². The Kier molecular flexibility index (Phi) is 5.85. The molecule has 2 aromatic heterocycles. The Balaban J connectivity index is 1.57. The number of hydrogen-bond acceptors (Lipinski definition) is 4. The van der Waals surface area contributed by atoms with Crippen LogP contribution in [0.25, 0.3) is 39.4 Å². The molecule has 0 unspecified atom stereocenters. The molecule has 0 radical (unpaired) electrons. The molecule has 1 aliphatic carbocycles. The molecule has 1 aliphatic rings. The first-order chi connectivity index (χ1) is 15.3. The van der Waals surface area contributed by atoms with E-state index in [1.54, 1.807) is 11.3 Å². The maximum atomic E-state index is 4.97. The number of nitrogens with zero attached hydrogens (tertiary/aromatic N) is 3. The minimum absolute atomic E-state index is 0.522. The van der Waals surface area contributed by atoms with E-state index < -0.39 is 0 Å². The summed E-state index contributed by atoms with van der Waals surface area (Å²) >= 11 is 1.65. The molecule has 1 fully saturated rings. The first-order valence-electron chi connectivity index (χ1n) is 11.3. The van der Waals surface area contributed by atoms with Crippen LogP contribution in [0.3, 0.4) is 0 Å². The van der Waals surface area contributed by atoms with Crippen LogP contribution in [0.15, 0.2) is 54.6 Å². The van der Waals surface area contributed by atoms with Gasteiger partial charge < -0.3 is 5.32 Å². The van der Waals surface area contributed by atoms with Crippen molar-refractivity contribution in [1.82, 2.24) is 20.1 Å². The van der Waals surface area contributed by atoms with Gasteiger partial charge in [-0.3, -0.25) is 0 Å². The molecule has 0 atom stereocenters. The van der Waals surface area contributed by atoms with Crippen molar-refractivity contribution in [2.75, 3.05) is 0 Å². The van der Waals surface area contributed by atoms with Crippen molar-refractivity contribution in [2.45, 2.75) is 51.0 Å². The van der Waals surface area contributed by atoms with Crippen LogP contribution in [-0.2, 0) is 0 Å². The first kappa shape index (κ1) is 20.0. The van der Waals surface area contributed by atoms with Gasteiger partial charge >= 0.3 is 0 Å². The molecule has 5 heteroatoms. The molecule has 4 nitrogen and oxygen atoms in total. The van der Waals surface area contributed by atoms with Crippen LogP contribution in [0.1, 0.15) is 44.9 Å². The fourth-order valence-electron chi connectivity index (χ4n) is 4.36. The molecule has 2 aromatic carbocycles. The van der Waals surface area contributed by atoms with Crippen LogP contribution in [0.2, 0.25) is 0 Å². The summed E-state index contributed by atoms with van der Waals surface area (Å²) in [4.78, 5) is 4.81. The Morgan fingerprint density at radius 1 is 0.935 bits per heavy atom. The average molecular weight is 429 g/mol. The summed E-state index contributed by atoms with van der Waals surface area (Å²) in [6.07, 6.45) is 11.3. The van der Waals surface area contributed by atoms with Crippen LogP contribution in [-0.4, -0.2) is 20.8 Å². The maximum Gasteiger partial charge on any atom is 0.212 e. The lowest BCUT2D eigenvalue weighted by molar-refractivity contribution is 0.427. The monoisotopic (exact) mass is 428 g/mol. The first-order valence-corrected chi connectivity index (χ1v) is 12.1. The predicted octanol–water partition coefficient (Wildman–Crippen LogP) is 5.00. The van der Waals surface area contributed by atoms with Gasteiger partial charge in [-0.2, -0.15) is 5.10 Å². The van der Waals surface area contributed by atoms with Gasteiger partial charge in [0.1, 0.15) is 5.69 Å². The van der Waals surface area contributed by atoms with Crippen molar-refractivity contribution in [3.63, 3.8) is 0 Å². The average Bonchev–Trinajstić information content (AvgIpc) is 3.34. The summed E-state index contributed by atoms with van der Waals surface area (Å²) in [5, 5.41) is 11.5. The molecule has 0 aliphatic heterocycles. The number of benzene rings is 2. The topological polar surface area (TPSA) is 42.7 Å². The van der Waals surface area contributed by atoms with Crippen molar-refractivity contribution < 1.29 is 0 Å². The standard InChI is InChI=1S/C26H28N4S/c1-19-22(18-27-21-14-8-3-2-4-9-15-21)25(20-12-6-5-7-13-20)29-30(19)26-28-23-16-10-11-17-24(23)31-26/h5-7,10-13,16-18,21,27H,1-4,8-9,14-15H2. The molecule has 158 valence electrons. The third-order valence-corrected chi connectivity index (χ3v) is 7.11. The second-order valence-corrected chi connectivity index (χ2v) is 9.31. The van der Waals surface area contributed by atoms with Crippen molar-refractivity contribution in [1.29, 1.82) is 0 Å². The molecule has 0 amide bonds. The fraction of sp³-hybridized carbons (Fsp3) is 0.308. The van der Waals surface area contributed by atoms with Crippen LogP contribution in [0.5, 0.6) is 0 Å². The lowest BCUT2D eigenvalue weighted by Gasteiger charge is -2.19. The quantitative estimate of drug-likeness (QED) is 0.497. The van der Waals surface area contributed by atoms with Crippen molar-refractivity contribution in [3.8, 4) is 16.4 Å². The number of thiazole rings is 1. The summed E-state index contributed by atoms with van der Waals surface area (Å²) in [6.45, 7) is 4.41. The van der Waals surface area contributed by atoms with Crippen molar-refractivity contribution >= 4 is 34.3 Å². The number of hydrogen-bond donors (Lipinski definition) is 1. The summed E-state index contributed by atoms with van der Waals surface area (Å²) in [7, 11) is 0. The molecule has 1 N–H and O–H groups in total. The van der Waals surface area contributed by atoms with E-state index in [-0.39, 0.29) is 0 Å². The van der Waals surface area contributed by atoms with E-state index in [1.165, 1.54) is 44.9 Å². The van der Waals surface area contributed by atoms with Gasteiger partial charge in [0.2, 0.25) is 5.13 Å². The summed E-state index contributed by atoms with van der Waals surface area (Å²) in [5.74, 6) is 0. The van der Waals surface area contributed by atoms with Gasteiger partial charge in [-0.25, -0.2) is 9.67 Å². The highest BCUT2D eigenvalue weighted by Crippen LogP contribution is 2.24. The van der Waals surface area contributed by atoms with Gasteiger partial charge in [0.05, 0.1) is 15.6 Å². The highest BCUT2D eigenvalue weighted by atomic mass is 32.1. The second kappa shape index (κ2) is 9.06. The van der Waals surface area contributed by atoms with Gasteiger partial charge in [0.25, 0.3) is 0 Å². The normalized spacial score (nSPS) is 16.3. The molecule has 0 bridgehead atoms. The van der Waals surface area contributed by atoms with E-state index in [2.05, 4.69) is 48.4 Å². The molecule has 2 heterocycles. The van der Waals surface area contributed by atoms with Crippen LogP contribution in [0, 0.1) is 0 Å². The SMILES string of the molecule is C=c1c(=CNC2CCCCCCC2)c(-c2ccccc2)nn1-c1nc2ccccc2s1. The molecule has 0 spiro atoms. The van der Waals surface area contributed by atoms with Gasteiger partial charge in [0, 0.05) is 23.0 Å². The minimum atomic E-state index is 0.522. The number of nitrogens with one attached hydrogen (secondary N) is 1. The predicted molar refractivity (Wildman–Crippen MR) is 131 cm³/mol. The fourth-order valence-corrected chi connectivity index (χ4v) is 5.30. The minimum Gasteiger partial charge on any atom is -0.388 e. The Morgan fingerprint density at radius 3 is 2.42 bits per heavy atom. The van der Waals surface area contributed by atoms with E-state index in [9.17, 15) is 0 Å². The smallest absolute Gasteiger partial charge is 0.212 e. The van der Waals surface area contributed by atoms with Crippen molar-refractivity contribution in [3.05, 3.63) is 65.2 Å². The van der Waals surface area contributed by atoms with E-state index in [0.29, 0.717) is 6.04 Å². The Hall–Kier alpha value is -2.92. The largest absolute Gasteiger partial charge is 0.388 e. The van der Waals surface area contributed by atoms with Gasteiger partial charge in [-0.05, 0) is 25.0 Å². The maximum absolute atomic E-state index is 4.97. The zero-order chi connectivity index (χ0) is 21.0. The van der Waals surface area contributed by atoms with Gasteiger partial charge in [-0.1, -0.05) is 92.5 Å². The lowest BCUT2D eigenvalue weighted by Crippen LogP contribution is -2.33. The molecule has 31 heavy (non-hydrogen) atoms. The third kappa shape index (κ3) is 4.28. The van der Waals surface area contributed by atoms with E-state index in [4.69, 9.17) is 10.1 Å². The van der Waals surface area contributed by atoms with E-state index in [0.717, 1.165) is 37.2 Å². The second-order valence-electron chi connectivity index (χ2n) is 8.30. The molecule has 5 rings (SSSR count). The highest BCUT2D eigenvalue weighted by Gasteiger charge is 2.14. The Morgan fingerprint density at radius 2 is 1.65 bits per heavy atom. The summed E-state index contributed by atoms with van der Waals surface area (Å²) < 4.78 is 3.06. The molecule has 1 saturated carbocycles. The van der Waals surface area contributed by atoms with E-state index >= 15 is 0 Å². The summed E-state index contributed by atoms with van der Waals surface area (Å²) in [6, 6.07) is 19.1. The number of para-hydroxylation sites is 1. The molecule has 0 saturated heterocycles. The Bertz CT molecular complexity index is 1230. The zero-order valence-corrected chi connectivity index (χ0v) is 18.6. The van der Waals surface area contributed by atoms with Crippen molar-refractivity contribution in [2.24, 2.45) is 0 Å². The molecule has 4 aromatic rings. The van der Waals surface area contributed by atoms with E-state index in [1.807, 2.05) is 28.9 Å². The number of rotatable bonds is 4. The van der Waals surface area contributed by atoms with Crippen LogP contribution >= 0.6 is 11.3 Å². The van der Waals surface area contributed by atoms with Crippen LogP contribution in [0.4, 0.5) is 0 Å². The number of fused-ring (bicyclic) bond motifs is 1. The lowest BCUT2D eigenvalue weighted by atomic mass is 9.97. The zero-order valence-electron chi connectivity index (χ0n) is 17.8. The Labute approximate surface area is 187 Å². The highest BCUT2D eigenvalue weighted by molar-refractivity contribution is 7.20.